The van der Waals surface area contributed by atoms with Crippen molar-refractivity contribution in [2.75, 3.05) is 62.3 Å². The summed E-state index contributed by atoms with van der Waals surface area (Å²) in [5, 5.41) is 0.749. The standard InChI is InChI=1S/C19H22ClN5O2/c20-16-2-1-3-17(12-16)23-4-6-25(7-5-23)19-21-13-15(14-22-19)18(26)24-8-10-27-11-9-24/h1-3,12-14H,4-11H2. The van der Waals surface area contributed by atoms with Gasteiger partial charge in [0.05, 0.1) is 18.8 Å². The lowest BCUT2D eigenvalue weighted by Gasteiger charge is -2.36. The Morgan fingerprint density at radius 3 is 2.30 bits per heavy atom. The maximum Gasteiger partial charge on any atom is 0.257 e. The Morgan fingerprint density at radius 2 is 1.63 bits per heavy atom. The van der Waals surface area contributed by atoms with Gasteiger partial charge in [-0.05, 0) is 18.2 Å². The predicted octanol–water partition coefficient (Wildman–Crippen LogP) is 1.93. The minimum atomic E-state index is -0.0318. The molecule has 0 aliphatic carbocycles. The fourth-order valence-corrected chi connectivity index (χ4v) is 3.57. The Hall–Kier alpha value is -2.38. The van der Waals surface area contributed by atoms with Crippen molar-refractivity contribution < 1.29 is 9.53 Å². The summed E-state index contributed by atoms with van der Waals surface area (Å²) in [6.07, 6.45) is 3.26. The van der Waals surface area contributed by atoms with Crippen molar-refractivity contribution in [2.45, 2.75) is 0 Å². The molecule has 2 aliphatic rings. The number of aromatic nitrogens is 2. The van der Waals surface area contributed by atoms with Crippen LogP contribution in [0.15, 0.2) is 36.7 Å². The number of halogens is 1. The van der Waals surface area contributed by atoms with E-state index in [4.69, 9.17) is 16.3 Å². The Labute approximate surface area is 163 Å². The van der Waals surface area contributed by atoms with Crippen molar-refractivity contribution >= 4 is 29.1 Å². The number of rotatable bonds is 3. The highest BCUT2D eigenvalue weighted by atomic mass is 35.5. The predicted molar refractivity (Wildman–Crippen MR) is 105 cm³/mol. The first-order chi connectivity index (χ1) is 13.2. The highest BCUT2D eigenvalue weighted by Gasteiger charge is 2.22. The molecule has 0 N–H and O–H groups in total. The molecule has 2 aliphatic heterocycles. The molecule has 142 valence electrons. The van der Waals surface area contributed by atoms with Crippen molar-refractivity contribution in [3.8, 4) is 0 Å². The van der Waals surface area contributed by atoms with E-state index in [-0.39, 0.29) is 5.91 Å². The van der Waals surface area contributed by atoms with Crippen LogP contribution in [-0.2, 0) is 4.74 Å². The van der Waals surface area contributed by atoms with Crippen LogP contribution in [-0.4, -0.2) is 73.3 Å². The second-order valence-electron chi connectivity index (χ2n) is 6.63. The first kappa shape index (κ1) is 18.0. The summed E-state index contributed by atoms with van der Waals surface area (Å²) in [5.41, 5.74) is 1.66. The van der Waals surface area contributed by atoms with Gasteiger partial charge in [0.1, 0.15) is 0 Å². The molecule has 8 heteroatoms. The zero-order valence-corrected chi connectivity index (χ0v) is 15.8. The number of amides is 1. The molecule has 1 aromatic carbocycles. The van der Waals surface area contributed by atoms with Crippen molar-refractivity contribution in [3.63, 3.8) is 0 Å². The van der Waals surface area contributed by atoms with Crippen LogP contribution in [0.4, 0.5) is 11.6 Å². The molecule has 0 saturated carbocycles. The molecule has 3 heterocycles. The van der Waals surface area contributed by atoms with Crippen molar-refractivity contribution in [2.24, 2.45) is 0 Å². The Kier molecular flexibility index (Phi) is 5.40. The normalized spacial score (nSPS) is 17.9. The van der Waals surface area contributed by atoms with Crippen molar-refractivity contribution in [3.05, 3.63) is 47.2 Å². The molecule has 7 nitrogen and oxygen atoms in total. The van der Waals surface area contributed by atoms with Gasteiger partial charge in [-0.25, -0.2) is 9.97 Å². The minimum absolute atomic E-state index is 0.0318. The Balaban J connectivity index is 1.36. The zero-order chi connectivity index (χ0) is 18.6. The Morgan fingerprint density at radius 1 is 0.963 bits per heavy atom. The number of benzene rings is 1. The minimum Gasteiger partial charge on any atom is -0.378 e. The van der Waals surface area contributed by atoms with Gasteiger partial charge in [0.2, 0.25) is 5.95 Å². The molecule has 2 fully saturated rings. The number of nitrogens with zero attached hydrogens (tertiary/aromatic N) is 5. The molecule has 1 aromatic heterocycles. The average molecular weight is 388 g/mol. The number of carbonyl (C=O) groups is 1. The monoisotopic (exact) mass is 387 g/mol. The SMILES string of the molecule is O=C(c1cnc(N2CCN(c3cccc(Cl)c3)CC2)nc1)N1CCOCC1. The zero-order valence-electron chi connectivity index (χ0n) is 15.1. The third-order valence-electron chi connectivity index (χ3n) is 4.92. The van der Waals surface area contributed by atoms with Gasteiger partial charge in [0, 0.05) is 62.4 Å². The van der Waals surface area contributed by atoms with Gasteiger partial charge < -0.3 is 19.4 Å². The summed E-state index contributed by atoms with van der Waals surface area (Å²) in [7, 11) is 0. The number of hydrogen-bond donors (Lipinski definition) is 0. The molecule has 4 rings (SSSR count). The van der Waals surface area contributed by atoms with E-state index in [0.717, 1.165) is 36.9 Å². The van der Waals surface area contributed by atoms with Gasteiger partial charge in [-0.2, -0.15) is 0 Å². The van der Waals surface area contributed by atoms with E-state index in [1.165, 1.54) is 0 Å². The summed E-state index contributed by atoms with van der Waals surface area (Å²) in [6.45, 7) is 5.80. The summed E-state index contributed by atoms with van der Waals surface area (Å²) >= 11 is 6.09. The summed E-state index contributed by atoms with van der Waals surface area (Å²) in [5.74, 6) is 0.634. The highest BCUT2D eigenvalue weighted by molar-refractivity contribution is 6.30. The van der Waals surface area contributed by atoms with E-state index in [0.29, 0.717) is 37.8 Å². The summed E-state index contributed by atoms with van der Waals surface area (Å²) < 4.78 is 5.29. The Bertz CT molecular complexity index is 787. The van der Waals surface area contributed by atoms with Crippen molar-refractivity contribution in [1.29, 1.82) is 0 Å². The summed E-state index contributed by atoms with van der Waals surface area (Å²) in [4.78, 5) is 27.6. The van der Waals surface area contributed by atoms with Crippen LogP contribution in [0.25, 0.3) is 0 Å². The van der Waals surface area contributed by atoms with Gasteiger partial charge in [-0.15, -0.1) is 0 Å². The quantitative estimate of drug-likeness (QED) is 0.802. The molecule has 0 unspecified atom stereocenters. The van der Waals surface area contributed by atoms with E-state index < -0.39 is 0 Å². The van der Waals surface area contributed by atoms with Gasteiger partial charge in [0.15, 0.2) is 0 Å². The van der Waals surface area contributed by atoms with Gasteiger partial charge >= 0.3 is 0 Å². The largest absolute Gasteiger partial charge is 0.378 e. The van der Waals surface area contributed by atoms with E-state index >= 15 is 0 Å². The number of anilines is 2. The van der Waals surface area contributed by atoms with Crippen molar-refractivity contribution in [1.82, 2.24) is 14.9 Å². The fraction of sp³-hybridized carbons (Fsp3) is 0.421. The van der Waals surface area contributed by atoms with Crippen LogP contribution in [0, 0.1) is 0 Å². The molecular formula is C19H22ClN5O2. The number of ether oxygens (including phenoxy) is 1. The van der Waals surface area contributed by atoms with Crippen LogP contribution in [0.2, 0.25) is 5.02 Å². The van der Waals surface area contributed by atoms with E-state index in [9.17, 15) is 4.79 Å². The van der Waals surface area contributed by atoms with Crippen LogP contribution in [0.1, 0.15) is 10.4 Å². The maximum absolute atomic E-state index is 12.5. The topological polar surface area (TPSA) is 61.8 Å². The number of morpholine rings is 1. The smallest absolute Gasteiger partial charge is 0.257 e. The van der Waals surface area contributed by atoms with Crippen LogP contribution >= 0.6 is 11.6 Å². The van der Waals surface area contributed by atoms with Crippen LogP contribution in [0.5, 0.6) is 0 Å². The number of carbonyl (C=O) groups excluding carboxylic acids is 1. The molecule has 2 aromatic rings. The second kappa shape index (κ2) is 8.10. The van der Waals surface area contributed by atoms with Crippen LogP contribution < -0.4 is 9.80 Å². The molecule has 0 bridgehead atoms. The highest BCUT2D eigenvalue weighted by Crippen LogP contribution is 2.21. The third-order valence-corrected chi connectivity index (χ3v) is 5.15. The molecular weight excluding hydrogens is 366 g/mol. The van der Waals surface area contributed by atoms with E-state index in [1.54, 1.807) is 17.3 Å². The lowest BCUT2D eigenvalue weighted by Crippen LogP contribution is -2.47. The molecule has 2 saturated heterocycles. The first-order valence-electron chi connectivity index (χ1n) is 9.15. The van der Waals surface area contributed by atoms with E-state index in [1.807, 2.05) is 18.2 Å². The number of piperazine rings is 1. The maximum atomic E-state index is 12.5. The van der Waals surface area contributed by atoms with Crippen LogP contribution in [0.3, 0.4) is 0 Å². The molecule has 0 atom stereocenters. The van der Waals surface area contributed by atoms with Gasteiger partial charge in [0.25, 0.3) is 5.91 Å². The lowest BCUT2D eigenvalue weighted by atomic mass is 10.2. The number of hydrogen-bond acceptors (Lipinski definition) is 6. The van der Waals surface area contributed by atoms with Gasteiger partial charge in [-0.1, -0.05) is 17.7 Å². The molecule has 1 amide bonds. The fourth-order valence-electron chi connectivity index (χ4n) is 3.38. The first-order valence-corrected chi connectivity index (χ1v) is 9.53. The third kappa shape index (κ3) is 4.14. The molecule has 0 radical (unpaired) electrons. The molecule has 0 spiro atoms. The van der Waals surface area contributed by atoms with Gasteiger partial charge in [-0.3, -0.25) is 4.79 Å². The molecule has 27 heavy (non-hydrogen) atoms. The average Bonchev–Trinajstić information content (AvgIpc) is 2.74. The summed E-state index contributed by atoms with van der Waals surface area (Å²) in [6, 6.07) is 7.91. The second-order valence-corrected chi connectivity index (χ2v) is 7.07. The lowest BCUT2D eigenvalue weighted by molar-refractivity contribution is 0.0302. The van der Waals surface area contributed by atoms with E-state index in [2.05, 4.69) is 25.8 Å².